The van der Waals surface area contributed by atoms with Crippen molar-refractivity contribution in [1.29, 1.82) is 0 Å². The van der Waals surface area contributed by atoms with Crippen molar-refractivity contribution >= 4 is 33.7 Å². The maximum atomic E-state index is 13.5. The van der Waals surface area contributed by atoms with Gasteiger partial charge >= 0.3 is 12.1 Å². The Morgan fingerprint density at radius 2 is 1.32 bits per heavy atom. The molecular formula is C33H38F3N5O8S. The number of primary amides is 1. The number of hydrogen-bond donors (Lipinski definition) is 6. The van der Waals surface area contributed by atoms with E-state index in [9.17, 15) is 41.1 Å². The summed E-state index contributed by atoms with van der Waals surface area (Å²) in [5.74, 6) is -4.47. The number of nitrogens with one attached hydrogen (secondary N) is 2. The van der Waals surface area contributed by atoms with Crippen LogP contribution in [-0.4, -0.2) is 89.9 Å². The molecule has 0 aromatic heterocycles. The van der Waals surface area contributed by atoms with E-state index >= 15 is 0 Å². The van der Waals surface area contributed by atoms with E-state index in [1.165, 1.54) is 17.0 Å². The minimum Gasteiger partial charge on any atom is -0.508 e. The van der Waals surface area contributed by atoms with E-state index < -0.39 is 57.4 Å². The normalized spacial score (nSPS) is 16.3. The number of nitrogens with two attached hydrogens (primary N) is 2. The smallest absolute Gasteiger partial charge is 0.490 e. The molecular weight excluding hydrogens is 683 g/mol. The monoisotopic (exact) mass is 721 g/mol. The first-order valence-electron chi connectivity index (χ1n) is 15.3. The van der Waals surface area contributed by atoms with Crippen LogP contribution in [0.1, 0.15) is 23.1 Å². The van der Waals surface area contributed by atoms with Crippen molar-refractivity contribution in [2.75, 3.05) is 13.1 Å². The number of halogens is 3. The summed E-state index contributed by atoms with van der Waals surface area (Å²) in [6.45, 7) is 0.124. The number of carbonyl (C=O) groups excluding carboxylic acids is 3. The molecule has 4 atom stereocenters. The molecule has 13 nitrogen and oxygen atoms in total. The number of rotatable bonds is 13. The number of benzene rings is 3. The Kier molecular flexibility index (Phi) is 13.9. The Labute approximate surface area is 286 Å². The lowest BCUT2D eigenvalue weighted by molar-refractivity contribution is -0.192. The molecule has 1 saturated heterocycles. The summed E-state index contributed by atoms with van der Waals surface area (Å²) >= 11 is 0. The topological polar surface area (TPSA) is 222 Å². The highest BCUT2D eigenvalue weighted by molar-refractivity contribution is 7.90. The van der Waals surface area contributed by atoms with Gasteiger partial charge in [0.1, 0.15) is 17.8 Å². The fraction of sp³-hybridized carbons (Fsp3) is 0.333. The first-order chi connectivity index (χ1) is 23.5. The lowest BCUT2D eigenvalue weighted by Gasteiger charge is -2.24. The van der Waals surface area contributed by atoms with Crippen molar-refractivity contribution in [2.24, 2.45) is 11.5 Å². The quantitative estimate of drug-likeness (QED) is 0.149. The second kappa shape index (κ2) is 17.6. The van der Waals surface area contributed by atoms with Gasteiger partial charge < -0.3 is 31.9 Å². The molecule has 3 aromatic carbocycles. The van der Waals surface area contributed by atoms with Crippen LogP contribution in [0.2, 0.25) is 0 Å². The number of alkyl halides is 3. The van der Waals surface area contributed by atoms with Crippen LogP contribution >= 0.6 is 0 Å². The number of aromatic hydroxyl groups is 1. The van der Waals surface area contributed by atoms with Crippen LogP contribution in [0.15, 0.2) is 84.9 Å². The molecule has 0 bridgehead atoms. The van der Waals surface area contributed by atoms with Crippen LogP contribution in [0.5, 0.6) is 5.75 Å². The van der Waals surface area contributed by atoms with Crippen molar-refractivity contribution in [3.8, 4) is 5.75 Å². The number of nitrogens with zero attached hydrogens (tertiary/aromatic N) is 1. The molecule has 8 N–H and O–H groups in total. The SMILES string of the molecule is NC(=O)[C@H](Cc1ccccc1)NC(=O)[C@H](Cc1ccccc1)NS(=O)(=O)[C@@H]1CCN(C(=O)[C@@H](N)Cc2ccc(O)cc2)C1.O=C(O)C(F)(F)F. The minimum absolute atomic E-state index is 0.0373. The van der Waals surface area contributed by atoms with Crippen LogP contribution in [0.25, 0.3) is 0 Å². The molecule has 50 heavy (non-hydrogen) atoms. The average Bonchev–Trinajstić information content (AvgIpc) is 3.57. The maximum Gasteiger partial charge on any atom is 0.490 e. The summed E-state index contributed by atoms with van der Waals surface area (Å²) in [5.41, 5.74) is 14.0. The van der Waals surface area contributed by atoms with Crippen LogP contribution in [0, 0.1) is 0 Å². The summed E-state index contributed by atoms with van der Waals surface area (Å²) in [7, 11) is -4.08. The van der Waals surface area contributed by atoms with E-state index in [1.807, 2.05) is 12.1 Å². The molecule has 1 heterocycles. The van der Waals surface area contributed by atoms with E-state index in [1.54, 1.807) is 60.7 Å². The number of amides is 3. The van der Waals surface area contributed by atoms with E-state index in [-0.39, 0.29) is 50.4 Å². The summed E-state index contributed by atoms with van der Waals surface area (Å²) in [4.78, 5) is 49.0. The number of carbonyl (C=O) groups is 4. The zero-order valence-corrected chi connectivity index (χ0v) is 27.4. The molecule has 0 spiro atoms. The van der Waals surface area contributed by atoms with Gasteiger partial charge in [-0.25, -0.2) is 17.9 Å². The number of phenols is 1. The lowest BCUT2D eigenvalue weighted by atomic mass is 10.0. The van der Waals surface area contributed by atoms with Gasteiger partial charge in [0.05, 0.1) is 11.3 Å². The number of sulfonamides is 1. The number of carboxylic acid groups (broad SMARTS) is 1. The number of hydrogen-bond acceptors (Lipinski definition) is 8. The molecule has 1 aliphatic rings. The third-order valence-corrected chi connectivity index (χ3v) is 9.57. The third-order valence-electron chi connectivity index (χ3n) is 7.70. The highest BCUT2D eigenvalue weighted by Gasteiger charge is 2.39. The third kappa shape index (κ3) is 12.2. The number of phenolic OH excluding ortho intramolecular Hbond substituents is 1. The Balaban J connectivity index is 0.000000872. The molecule has 17 heteroatoms. The molecule has 0 unspecified atom stereocenters. The van der Waals surface area contributed by atoms with Gasteiger partial charge in [-0.2, -0.15) is 13.2 Å². The van der Waals surface area contributed by atoms with Gasteiger partial charge in [0.25, 0.3) is 0 Å². The summed E-state index contributed by atoms with van der Waals surface area (Å²) < 4.78 is 61.3. The van der Waals surface area contributed by atoms with Gasteiger partial charge in [0.2, 0.25) is 27.7 Å². The minimum atomic E-state index is -5.08. The van der Waals surface area contributed by atoms with Crippen LogP contribution in [0.3, 0.4) is 0 Å². The van der Waals surface area contributed by atoms with Gasteiger partial charge in [-0.3, -0.25) is 14.4 Å². The number of carboxylic acids is 1. The van der Waals surface area contributed by atoms with E-state index in [0.717, 1.165) is 11.1 Å². The van der Waals surface area contributed by atoms with Crippen LogP contribution in [-0.2, 0) is 48.5 Å². The largest absolute Gasteiger partial charge is 0.508 e. The van der Waals surface area contributed by atoms with Crippen molar-refractivity contribution in [2.45, 2.75) is 55.2 Å². The molecule has 0 saturated carbocycles. The average molecular weight is 722 g/mol. The maximum absolute atomic E-state index is 13.5. The van der Waals surface area contributed by atoms with Gasteiger partial charge in [-0.1, -0.05) is 72.8 Å². The van der Waals surface area contributed by atoms with E-state index in [0.29, 0.717) is 5.56 Å². The van der Waals surface area contributed by atoms with Crippen LogP contribution in [0.4, 0.5) is 13.2 Å². The summed E-state index contributed by atoms with van der Waals surface area (Å²) in [6, 6.07) is 21.1. The van der Waals surface area contributed by atoms with Crippen molar-refractivity contribution < 1.29 is 51.0 Å². The van der Waals surface area contributed by atoms with Crippen LogP contribution < -0.4 is 21.5 Å². The predicted molar refractivity (Wildman–Crippen MR) is 176 cm³/mol. The molecule has 3 amide bonds. The lowest BCUT2D eigenvalue weighted by Crippen LogP contribution is -2.55. The number of likely N-dealkylation sites (tertiary alicyclic amines) is 1. The van der Waals surface area contributed by atoms with Crippen molar-refractivity contribution in [1.82, 2.24) is 14.9 Å². The first-order valence-corrected chi connectivity index (χ1v) is 16.8. The molecule has 4 rings (SSSR count). The summed E-state index contributed by atoms with van der Waals surface area (Å²) in [6.07, 6.45) is -4.49. The fourth-order valence-electron chi connectivity index (χ4n) is 5.07. The second-order valence-electron chi connectivity index (χ2n) is 11.5. The van der Waals surface area contributed by atoms with Gasteiger partial charge in [0.15, 0.2) is 0 Å². The van der Waals surface area contributed by atoms with E-state index in [4.69, 9.17) is 21.4 Å². The molecule has 0 radical (unpaired) electrons. The Hall–Kier alpha value is -5.00. The van der Waals surface area contributed by atoms with Gasteiger partial charge in [-0.05, 0) is 48.1 Å². The second-order valence-corrected chi connectivity index (χ2v) is 13.5. The number of aliphatic carboxylic acids is 1. The highest BCUT2D eigenvalue weighted by Crippen LogP contribution is 2.20. The van der Waals surface area contributed by atoms with Crippen molar-refractivity contribution in [3.63, 3.8) is 0 Å². The first kappa shape index (κ1) is 39.4. The van der Waals surface area contributed by atoms with Crippen molar-refractivity contribution in [3.05, 3.63) is 102 Å². The zero-order valence-electron chi connectivity index (χ0n) is 26.6. The molecule has 1 fully saturated rings. The summed E-state index contributed by atoms with van der Waals surface area (Å²) in [5, 5.41) is 18.3. The molecule has 1 aliphatic heterocycles. The Bertz CT molecular complexity index is 1710. The van der Waals surface area contributed by atoms with Gasteiger partial charge in [0, 0.05) is 19.5 Å². The predicted octanol–water partition coefficient (Wildman–Crippen LogP) is 1.24. The fourth-order valence-corrected chi connectivity index (χ4v) is 6.64. The molecule has 3 aromatic rings. The standard InChI is InChI=1S/C31H37N5O6S.C2HF3O2/c32-26(17-23-11-13-24(37)14-12-23)31(40)36-16-15-25(20-36)43(41,42)35-28(19-22-9-5-2-6-10-22)30(39)34-27(29(33)38)18-21-7-3-1-4-8-21;3-2(4,5)1(6)7/h1-14,25-28,35,37H,15-20,32H2,(H2,33,38)(H,34,39);(H,6,7)/t25-,26+,27+,28+;/m1./s1. The molecule has 0 aliphatic carbocycles. The zero-order chi connectivity index (χ0) is 37.1. The Morgan fingerprint density at radius 3 is 1.80 bits per heavy atom. The molecule has 270 valence electrons. The Morgan fingerprint density at radius 1 is 0.840 bits per heavy atom. The van der Waals surface area contributed by atoms with E-state index in [2.05, 4.69) is 10.0 Å². The highest BCUT2D eigenvalue weighted by atomic mass is 32.2. The van der Waals surface area contributed by atoms with Gasteiger partial charge in [-0.15, -0.1) is 0 Å².